The molecule has 0 aliphatic rings. The van der Waals surface area contributed by atoms with Gasteiger partial charge in [0.2, 0.25) is 0 Å². The van der Waals surface area contributed by atoms with Gasteiger partial charge in [-0.1, -0.05) is 103 Å². The van der Waals surface area contributed by atoms with E-state index < -0.39 is 0 Å². The summed E-state index contributed by atoms with van der Waals surface area (Å²) >= 11 is 0. The Labute approximate surface area is 404 Å². The van der Waals surface area contributed by atoms with Crippen LogP contribution in [0.15, 0.2) is 218 Å². The zero-order chi connectivity index (χ0) is 47.6. The molecule has 0 atom stereocenters. The van der Waals surface area contributed by atoms with Crippen molar-refractivity contribution in [3.05, 3.63) is 246 Å². The molecule has 9 aromatic carbocycles. The lowest BCUT2D eigenvalue weighted by Gasteiger charge is -2.25. The Morgan fingerprint density at radius 1 is 0.429 bits per heavy atom. The predicted molar refractivity (Wildman–Crippen MR) is 279 cm³/mol. The molecular weight excluding hydrogens is 857 g/mol. The largest absolute Gasteiger partial charge is 0.310 e. The number of benzene rings is 9. The first-order valence-electron chi connectivity index (χ1n) is 22.5. The van der Waals surface area contributed by atoms with E-state index in [1.165, 1.54) is 0 Å². The molecule has 2 aromatic heterocycles. The monoisotopic (exact) mass is 892 g/mol. The van der Waals surface area contributed by atoms with E-state index in [1.807, 2.05) is 84.9 Å². The van der Waals surface area contributed by atoms with E-state index in [1.54, 1.807) is 30.3 Å². The molecule has 0 fully saturated rings. The van der Waals surface area contributed by atoms with E-state index in [0.717, 1.165) is 72.4 Å². The van der Waals surface area contributed by atoms with E-state index >= 15 is 0 Å². The Hall–Kier alpha value is -10.4. The maximum absolute atomic E-state index is 10.6. The molecule has 0 saturated heterocycles. The first-order chi connectivity index (χ1) is 34.5. The van der Waals surface area contributed by atoms with Crippen LogP contribution < -0.4 is 4.90 Å². The lowest BCUT2D eigenvalue weighted by molar-refractivity contribution is 1.18. The van der Waals surface area contributed by atoms with Gasteiger partial charge >= 0.3 is 0 Å². The van der Waals surface area contributed by atoms with Crippen molar-refractivity contribution in [1.82, 2.24) is 14.5 Å². The highest BCUT2D eigenvalue weighted by Crippen LogP contribution is 2.42. The first kappa shape index (κ1) is 42.3. The number of aromatic nitrogens is 3. The van der Waals surface area contributed by atoms with Crippen LogP contribution >= 0.6 is 0 Å². The van der Waals surface area contributed by atoms with Crippen LogP contribution in [0.25, 0.3) is 88.5 Å². The number of nitrogens with zero attached hydrogens (tertiary/aromatic N) is 8. The highest BCUT2D eigenvalue weighted by Gasteiger charge is 2.19. The van der Waals surface area contributed by atoms with Crippen LogP contribution in [0.4, 0.5) is 22.7 Å². The van der Waals surface area contributed by atoms with Crippen molar-refractivity contribution in [3.63, 3.8) is 0 Å². The van der Waals surface area contributed by atoms with Gasteiger partial charge in [0.05, 0.1) is 63.9 Å². The van der Waals surface area contributed by atoms with Crippen molar-refractivity contribution in [2.45, 2.75) is 0 Å². The van der Waals surface area contributed by atoms with E-state index in [-0.39, 0.29) is 0 Å². The fourth-order valence-electron chi connectivity index (χ4n) is 9.11. The Bertz CT molecular complexity index is 3830. The van der Waals surface area contributed by atoms with Crippen molar-refractivity contribution in [3.8, 4) is 80.1 Å². The molecule has 0 amide bonds. The summed E-state index contributed by atoms with van der Waals surface area (Å²) in [4.78, 5) is 16.1. The van der Waals surface area contributed by atoms with Crippen molar-refractivity contribution in [1.29, 1.82) is 15.8 Å². The average molecular weight is 893 g/mol. The predicted octanol–water partition coefficient (Wildman–Crippen LogP) is 15.5. The van der Waals surface area contributed by atoms with Gasteiger partial charge in [-0.05, 0) is 138 Å². The number of fused-ring (bicyclic) bond motifs is 3. The van der Waals surface area contributed by atoms with Crippen LogP contribution in [-0.4, -0.2) is 14.5 Å². The third-order valence-electron chi connectivity index (χ3n) is 12.6. The summed E-state index contributed by atoms with van der Waals surface area (Å²) in [5.41, 5.74) is 15.0. The van der Waals surface area contributed by atoms with Gasteiger partial charge in [-0.25, -0.2) is 14.8 Å². The van der Waals surface area contributed by atoms with Gasteiger partial charge in [0.1, 0.15) is 0 Å². The Kier molecular flexibility index (Phi) is 10.9. The summed E-state index contributed by atoms with van der Waals surface area (Å²) in [6.45, 7) is 8.28. The topological polar surface area (TPSA) is 110 Å². The Morgan fingerprint density at radius 3 is 1.53 bits per heavy atom. The molecule has 11 aromatic rings. The quantitative estimate of drug-likeness (QED) is 0.134. The molecule has 0 N–H and O–H groups in total. The van der Waals surface area contributed by atoms with E-state index in [0.29, 0.717) is 50.7 Å². The number of para-hydroxylation sites is 3. The summed E-state index contributed by atoms with van der Waals surface area (Å²) < 4.78 is 2.28. The van der Waals surface area contributed by atoms with Crippen LogP contribution in [0.2, 0.25) is 0 Å². The molecule has 0 radical (unpaired) electrons. The molecule has 0 bridgehead atoms. The van der Waals surface area contributed by atoms with Gasteiger partial charge in [0, 0.05) is 50.2 Å². The maximum atomic E-state index is 10.6. The third-order valence-corrected chi connectivity index (χ3v) is 12.6. The number of rotatable bonds is 9. The molecule has 0 aliphatic carbocycles. The van der Waals surface area contributed by atoms with Gasteiger partial charge in [0.15, 0.2) is 11.5 Å². The number of nitriles is 3. The molecule has 8 nitrogen and oxygen atoms in total. The Morgan fingerprint density at radius 2 is 0.943 bits per heavy atom. The summed E-state index contributed by atoms with van der Waals surface area (Å²) in [5.74, 6) is 0.487. The molecular formula is C62H36N8. The number of hydrogen-bond acceptors (Lipinski definition) is 6. The average Bonchev–Trinajstić information content (AvgIpc) is 3.77. The van der Waals surface area contributed by atoms with Gasteiger partial charge in [-0.2, -0.15) is 15.8 Å². The third kappa shape index (κ3) is 7.83. The molecule has 11 rings (SSSR count). The fraction of sp³-hybridized carbons (Fsp3) is 0. The van der Waals surface area contributed by atoms with Crippen molar-refractivity contribution in [2.24, 2.45) is 0 Å². The molecule has 0 saturated carbocycles. The van der Waals surface area contributed by atoms with Crippen molar-refractivity contribution < 1.29 is 0 Å². The standard InChI is InChI=1S/C62H36N8/c1-66-59-36-54(43-24-26-46(27-25-43)58-37-57(45-20-16-41(38-63)17-21-45)67-62(68-58)47-22-18-42(39-64)19-23-47)48(40-65)34-55(59)44-28-30-51(31-29-44)70-60-15-9-8-14-53(60)56-35-52(32-33-61(56)70)69(49-10-4-2-5-11-49)50-12-6-3-7-13-50/h2-37H. The summed E-state index contributed by atoms with van der Waals surface area (Å²) in [7, 11) is 0. The molecule has 0 aliphatic heterocycles. The maximum Gasteiger partial charge on any atom is 0.195 e. The van der Waals surface area contributed by atoms with Gasteiger partial charge in [0.25, 0.3) is 0 Å². The smallest absolute Gasteiger partial charge is 0.195 e. The molecule has 2 heterocycles. The zero-order valence-electron chi connectivity index (χ0n) is 37.4. The van der Waals surface area contributed by atoms with Crippen LogP contribution in [-0.2, 0) is 0 Å². The SMILES string of the molecule is [C-]#[N+]c1cc(-c2ccc(-c3cc(-c4ccc(C#N)cc4)nc(-c4ccc(C#N)cc4)n3)cc2)c(C#N)cc1-c1ccc(-n2c3ccccc3c3cc(N(c4ccccc4)c4ccccc4)ccc32)cc1. The van der Waals surface area contributed by atoms with E-state index in [2.05, 4.69) is 136 Å². The van der Waals surface area contributed by atoms with E-state index in [9.17, 15) is 15.8 Å². The van der Waals surface area contributed by atoms with Crippen LogP contribution in [0.5, 0.6) is 0 Å². The summed E-state index contributed by atoms with van der Waals surface area (Å²) in [5, 5.41) is 31.6. The molecule has 8 heteroatoms. The Balaban J connectivity index is 0.924. The number of hydrogen-bond donors (Lipinski definition) is 0. The second-order valence-corrected chi connectivity index (χ2v) is 16.7. The minimum atomic E-state index is 0.437. The van der Waals surface area contributed by atoms with Crippen molar-refractivity contribution in [2.75, 3.05) is 4.90 Å². The first-order valence-corrected chi connectivity index (χ1v) is 22.5. The molecule has 0 spiro atoms. The minimum absolute atomic E-state index is 0.437. The molecule has 70 heavy (non-hydrogen) atoms. The summed E-state index contributed by atoms with van der Waals surface area (Å²) in [6, 6.07) is 78.5. The van der Waals surface area contributed by atoms with Crippen LogP contribution in [0.1, 0.15) is 16.7 Å². The van der Waals surface area contributed by atoms with E-state index in [4.69, 9.17) is 16.5 Å². The second kappa shape index (κ2) is 18.1. The highest BCUT2D eigenvalue weighted by atomic mass is 15.1. The minimum Gasteiger partial charge on any atom is -0.310 e. The zero-order valence-corrected chi connectivity index (χ0v) is 37.4. The lowest BCUT2D eigenvalue weighted by Crippen LogP contribution is -2.09. The molecule has 0 unspecified atom stereocenters. The van der Waals surface area contributed by atoms with Gasteiger partial charge in [-0.15, -0.1) is 0 Å². The van der Waals surface area contributed by atoms with Gasteiger partial charge in [-0.3, -0.25) is 0 Å². The normalized spacial score (nSPS) is 10.8. The number of anilines is 3. The van der Waals surface area contributed by atoms with Gasteiger partial charge < -0.3 is 9.47 Å². The fourth-order valence-corrected chi connectivity index (χ4v) is 9.11. The highest BCUT2D eigenvalue weighted by molar-refractivity contribution is 6.10. The van der Waals surface area contributed by atoms with Crippen LogP contribution in [0.3, 0.4) is 0 Å². The second-order valence-electron chi connectivity index (χ2n) is 16.7. The summed E-state index contributed by atoms with van der Waals surface area (Å²) in [6.07, 6.45) is 0. The lowest BCUT2D eigenvalue weighted by atomic mass is 9.93. The molecule has 324 valence electrons. The van der Waals surface area contributed by atoms with Crippen molar-refractivity contribution >= 4 is 44.6 Å². The van der Waals surface area contributed by atoms with Crippen LogP contribution in [0, 0.1) is 40.6 Å².